The number of likely N-dealkylation sites (tertiary alicyclic amines) is 1. The van der Waals surface area contributed by atoms with E-state index in [4.69, 9.17) is 0 Å². The predicted octanol–water partition coefficient (Wildman–Crippen LogP) is 1.18. The zero-order chi connectivity index (χ0) is 15.1. The quantitative estimate of drug-likeness (QED) is 0.904. The molecule has 0 radical (unpaired) electrons. The molecular formula is C14H13F2N3O2. The van der Waals surface area contributed by atoms with Gasteiger partial charge in [-0.05, 0) is 12.1 Å². The molecule has 0 atom stereocenters. The number of aromatic nitrogens is 2. The van der Waals surface area contributed by atoms with Gasteiger partial charge in [-0.3, -0.25) is 9.48 Å². The number of carbonyl (C=O) groups excluding carboxylic acids is 1. The van der Waals surface area contributed by atoms with Gasteiger partial charge < -0.3 is 10.0 Å². The van der Waals surface area contributed by atoms with E-state index in [1.54, 1.807) is 7.05 Å². The third-order valence-electron chi connectivity index (χ3n) is 3.39. The van der Waals surface area contributed by atoms with Gasteiger partial charge in [0.1, 0.15) is 17.3 Å². The Labute approximate surface area is 119 Å². The van der Waals surface area contributed by atoms with Crippen LogP contribution in [0.5, 0.6) is 0 Å². The van der Waals surface area contributed by atoms with Crippen LogP contribution in [0.1, 0.15) is 10.4 Å². The summed E-state index contributed by atoms with van der Waals surface area (Å²) in [7, 11) is 1.62. The van der Waals surface area contributed by atoms with Crippen molar-refractivity contribution in [3.05, 3.63) is 41.6 Å². The van der Waals surface area contributed by atoms with E-state index in [-0.39, 0.29) is 35.8 Å². The predicted molar refractivity (Wildman–Crippen MR) is 70.5 cm³/mol. The zero-order valence-corrected chi connectivity index (χ0v) is 11.3. The molecule has 0 aliphatic carbocycles. The number of amides is 1. The molecule has 0 saturated carbocycles. The topological polar surface area (TPSA) is 58.4 Å². The molecule has 1 aromatic heterocycles. The van der Waals surface area contributed by atoms with E-state index >= 15 is 0 Å². The van der Waals surface area contributed by atoms with Crippen molar-refractivity contribution < 1.29 is 18.7 Å². The Hall–Kier alpha value is -2.28. The number of benzene rings is 1. The van der Waals surface area contributed by atoms with Gasteiger partial charge in [0.15, 0.2) is 0 Å². The second-order valence-electron chi connectivity index (χ2n) is 5.05. The van der Waals surface area contributed by atoms with E-state index in [0.29, 0.717) is 0 Å². The number of β-amino-alcohol motifs (C(OH)–C–C–N with tert-alkyl or cyclic N) is 1. The largest absolute Gasteiger partial charge is 0.389 e. The Morgan fingerprint density at radius 1 is 1.38 bits per heavy atom. The molecule has 1 amide bonds. The third kappa shape index (κ3) is 2.40. The van der Waals surface area contributed by atoms with Gasteiger partial charge in [-0.2, -0.15) is 5.10 Å². The van der Waals surface area contributed by atoms with Gasteiger partial charge in [-0.15, -0.1) is 0 Å². The molecule has 7 heteroatoms. The molecule has 1 fully saturated rings. The lowest BCUT2D eigenvalue weighted by molar-refractivity contribution is 0.00594. The molecule has 1 N–H and O–H groups in total. The summed E-state index contributed by atoms with van der Waals surface area (Å²) in [6.07, 6.45) is 0.974. The molecule has 0 unspecified atom stereocenters. The van der Waals surface area contributed by atoms with Gasteiger partial charge in [0.25, 0.3) is 5.91 Å². The van der Waals surface area contributed by atoms with Crippen molar-refractivity contribution in [3.8, 4) is 11.3 Å². The van der Waals surface area contributed by atoms with Gasteiger partial charge in [-0.1, -0.05) is 0 Å². The molecule has 0 bridgehead atoms. The molecule has 2 aromatic rings. The molecule has 1 aliphatic heterocycles. The maximum absolute atomic E-state index is 13.9. The van der Waals surface area contributed by atoms with Crippen molar-refractivity contribution >= 4 is 5.91 Å². The molecule has 0 spiro atoms. The van der Waals surface area contributed by atoms with E-state index in [0.717, 1.165) is 12.1 Å². The van der Waals surface area contributed by atoms with Crippen LogP contribution >= 0.6 is 0 Å². The highest BCUT2D eigenvalue weighted by atomic mass is 19.1. The van der Waals surface area contributed by atoms with Crippen molar-refractivity contribution in [2.75, 3.05) is 13.1 Å². The fraction of sp³-hybridized carbons (Fsp3) is 0.286. The second-order valence-corrected chi connectivity index (χ2v) is 5.05. The van der Waals surface area contributed by atoms with E-state index < -0.39 is 17.7 Å². The molecular weight excluding hydrogens is 280 g/mol. The monoisotopic (exact) mass is 293 g/mol. The van der Waals surface area contributed by atoms with Gasteiger partial charge in [-0.25, -0.2) is 8.78 Å². The Morgan fingerprint density at radius 2 is 2.10 bits per heavy atom. The van der Waals surface area contributed by atoms with Crippen molar-refractivity contribution in [2.24, 2.45) is 7.05 Å². The fourth-order valence-corrected chi connectivity index (χ4v) is 2.32. The zero-order valence-electron chi connectivity index (χ0n) is 11.3. The standard InChI is InChI=1S/C14H13F2N3O2/c1-18-7-11(14(21)19-5-9(20)6-19)13(17-18)10-3-2-8(15)4-12(10)16/h2-4,7,9,20H,5-6H2,1H3. The normalized spacial score (nSPS) is 15.1. The van der Waals surface area contributed by atoms with Crippen LogP contribution in [-0.2, 0) is 7.05 Å². The summed E-state index contributed by atoms with van der Waals surface area (Å²) in [6, 6.07) is 3.13. The molecule has 5 nitrogen and oxygen atoms in total. The first-order chi connectivity index (χ1) is 9.95. The van der Waals surface area contributed by atoms with Gasteiger partial charge in [0, 0.05) is 38.0 Å². The Balaban J connectivity index is 2.01. The number of carbonyl (C=O) groups is 1. The highest BCUT2D eigenvalue weighted by molar-refractivity contribution is 6.00. The highest BCUT2D eigenvalue weighted by Crippen LogP contribution is 2.27. The van der Waals surface area contributed by atoms with Gasteiger partial charge in [0.2, 0.25) is 0 Å². The molecule has 1 saturated heterocycles. The molecule has 1 aliphatic rings. The molecule has 1 aromatic carbocycles. The first-order valence-electron chi connectivity index (χ1n) is 6.42. The average molecular weight is 293 g/mol. The number of hydrogen-bond donors (Lipinski definition) is 1. The maximum atomic E-state index is 13.9. The Kier molecular flexibility index (Phi) is 3.21. The van der Waals surface area contributed by atoms with E-state index in [9.17, 15) is 18.7 Å². The summed E-state index contributed by atoms with van der Waals surface area (Å²) in [5.74, 6) is -1.79. The van der Waals surface area contributed by atoms with Gasteiger partial charge in [0.05, 0.1) is 11.7 Å². The Bertz CT molecular complexity index is 708. The average Bonchev–Trinajstić information content (AvgIpc) is 2.76. The van der Waals surface area contributed by atoms with E-state index in [2.05, 4.69) is 5.10 Å². The summed E-state index contributed by atoms with van der Waals surface area (Å²) < 4.78 is 28.3. The minimum atomic E-state index is -0.772. The van der Waals surface area contributed by atoms with Crippen LogP contribution in [0.15, 0.2) is 24.4 Å². The number of rotatable bonds is 2. The summed E-state index contributed by atoms with van der Waals surface area (Å²) in [5, 5.41) is 13.4. The lowest BCUT2D eigenvalue weighted by Crippen LogP contribution is -2.53. The van der Waals surface area contributed by atoms with Crippen molar-refractivity contribution in [3.63, 3.8) is 0 Å². The summed E-state index contributed by atoms with van der Waals surface area (Å²) in [6.45, 7) is 0.498. The van der Waals surface area contributed by atoms with Crippen LogP contribution in [0, 0.1) is 11.6 Å². The highest BCUT2D eigenvalue weighted by Gasteiger charge is 2.32. The van der Waals surface area contributed by atoms with Crippen LogP contribution in [-0.4, -0.2) is 44.9 Å². The van der Waals surface area contributed by atoms with Crippen molar-refractivity contribution in [1.82, 2.24) is 14.7 Å². The summed E-state index contributed by atoms with van der Waals surface area (Å²) >= 11 is 0. The molecule has 2 heterocycles. The SMILES string of the molecule is Cn1cc(C(=O)N2CC(O)C2)c(-c2ccc(F)cc2F)n1. The molecule has 21 heavy (non-hydrogen) atoms. The summed E-state index contributed by atoms with van der Waals surface area (Å²) in [4.78, 5) is 13.8. The Morgan fingerprint density at radius 3 is 2.71 bits per heavy atom. The molecule has 110 valence electrons. The first-order valence-corrected chi connectivity index (χ1v) is 6.42. The van der Waals surface area contributed by atoms with E-state index in [1.807, 2.05) is 0 Å². The number of aliphatic hydroxyl groups excluding tert-OH is 1. The molecule has 3 rings (SSSR count). The van der Waals surface area contributed by atoms with Crippen molar-refractivity contribution in [2.45, 2.75) is 6.10 Å². The first kappa shape index (κ1) is 13.7. The van der Waals surface area contributed by atoms with Crippen molar-refractivity contribution in [1.29, 1.82) is 0 Å². The number of aliphatic hydroxyl groups is 1. The number of aryl methyl sites for hydroxylation is 1. The maximum Gasteiger partial charge on any atom is 0.257 e. The lowest BCUT2D eigenvalue weighted by atomic mass is 10.0. The fourth-order valence-electron chi connectivity index (χ4n) is 2.32. The minimum absolute atomic E-state index is 0.0708. The van der Waals surface area contributed by atoms with Crippen LogP contribution in [0.3, 0.4) is 0 Å². The van der Waals surface area contributed by atoms with Crippen LogP contribution in [0.25, 0.3) is 11.3 Å². The smallest absolute Gasteiger partial charge is 0.257 e. The van der Waals surface area contributed by atoms with Crippen LogP contribution in [0.4, 0.5) is 8.78 Å². The number of halogens is 2. The minimum Gasteiger partial charge on any atom is -0.389 e. The van der Waals surface area contributed by atoms with Crippen LogP contribution in [0.2, 0.25) is 0 Å². The van der Waals surface area contributed by atoms with Gasteiger partial charge >= 0.3 is 0 Å². The third-order valence-corrected chi connectivity index (χ3v) is 3.39. The number of hydrogen-bond acceptors (Lipinski definition) is 3. The summed E-state index contributed by atoms with van der Waals surface area (Å²) in [5.41, 5.74) is 0.470. The lowest BCUT2D eigenvalue weighted by Gasteiger charge is -2.35. The second kappa shape index (κ2) is 4.92. The van der Waals surface area contributed by atoms with Crippen LogP contribution < -0.4 is 0 Å². The van der Waals surface area contributed by atoms with E-state index in [1.165, 1.54) is 21.8 Å². The number of nitrogens with zero attached hydrogens (tertiary/aromatic N) is 3.